The molecule has 5 nitrogen and oxygen atoms in total. The Bertz CT molecular complexity index is 7010. The van der Waals surface area contributed by atoms with Gasteiger partial charge < -0.3 is 24.2 Å². The van der Waals surface area contributed by atoms with Crippen LogP contribution in [0, 0.1) is 0 Å². The summed E-state index contributed by atoms with van der Waals surface area (Å²) in [5.41, 5.74) is 26.1. The van der Waals surface area contributed by atoms with Gasteiger partial charge in [0.2, 0.25) is 0 Å². The molecule has 532 valence electrons. The molecule has 0 aliphatic carbocycles. The third-order valence-electron chi connectivity index (χ3n) is 22.1. The van der Waals surface area contributed by atoms with E-state index < -0.39 is 0 Å². The van der Waals surface area contributed by atoms with Crippen LogP contribution in [0.2, 0.25) is 0 Å². The Hall–Kier alpha value is -14.3. The van der Waals surface area contributed by atoms with E-state index in [2.05, 4.69) is 455 Å². The van der Waals surface area contributed by atoms with Gasteiger partial charge in [-0.05, 0) is 232 Å². The van der Waals surface area contributed by atoms with Crippen LogP contribution < -0.4 is 19.6 Å². The lowest BCUT2D eigenvalue weighted by molar-refractivity contribution is 1.18. The van der Waals surface area contributed by atoms with Crippen LogP contribution in [0.25, 0.3) is 123 Å². The first-order chi connectivity index (χ1) is 56.0. The summed E-state index contributed by atoms with van der Waals surface area (Å²) in [7, 11) is 0. The summed E-state index contributed by atoms with van der Waals surface area (Å²) in [4.78, 5) is 9.48. The molecule has 0 saturated carbocycles. The summed E-state index contributed by atoms with van der Waals surface area (Å²) < 4.78 is 7.48. The zero-order valence-electron chi connectivity index (χ0n) is 61.5. The average molecular weight is 1480 g/mol. The maximum absolute atomic E-state index is 2.44. The van der Waals surface area contributed by atoms with Crippen LogP contribution in [-0.4, -0.2) is 4.57 Å². The highest BCUT2D eigenvalue weighted by molar-refractivity contribution is 7.26. The van der Waals surface area contributed by atoms with Crippen molar-refractivity contribution >= 4 is 164 Å². The van der Waals surface area contributed by atoms with Gasteiger partial charge in [0, 0.05) is 125 Å². The number of para-hydroxylation sites is 7. The largest absolute Gasteiger partial charge is 0.311 e. The zero-order chi connectivity index (χ0) is 74.7. The maximum atomic E-state index is 2.44. The van der Waals surface area contributed by atoms with Crippen LogP contribution >= 0.6 is 22.7 Å². The van der Waals surface area contributed by atoms with Gasteiger partial charge in [-0.25, -0.2) is 0 Å². The van der Waals surface area contributed by atoms with Gasteiger partial charge in [0.15, 0.2) is 0 Å². The molecule has 0 N–H and O–H groups in total. The number of anilines is 12. The van der Waals surface area contributed by atoms with Crippen molar-refractivity contribution in [1.29, 1.82) is 0 Å². The second-order valence-corrected chi connectivity index (χ2v) is 30.9. The zero-order valence-corrected chi connectivity index (χ0v) is 63.2. The standard InChI is InChI=1S/C106H71N5S2/c1-8-27-78(28-9-1)107(79-29-10-2-11-30-79)85-53-46-72(47-54-85)76-51-60-97-104(69-76)113-103-45-25-44-91(106(97)103)73-48-55-86(56-49-73)110(83-37-18-6-19-38-83)99-64-63-90(92-42-22-23-43-93(92)99)77-26-24-41-87(66-77)109(82-35-16-5-17-36-82)89-58-62-96-98-67-74(52-65-102(98)112-105(96)71-89)75-50-59-94-95-61-57-88(70-101(95)111(100(94)68-75)84-39-20-7-21-40-84)108(80-31-12-3-13-32-80)81-33-14-4-15-34-81/h1-71H. The van der Waals surface area contributed by atoms with Crippen molar-refractivity contribution in [1.82, 2.24) is 4.57 Å². The van der Waals surface area contributed by atoms with E-state index in [0.717, 1.165) is 101 Å². The van der Waals surface area contributed by atoms with Gasteiger partial charge >= 0.3 is 0 Å². The van der Waals surface area contributed by atoms with Crippen molar-refractivity contribution < 1.29 is 0 Å². The lowest BCUT2D eigenvalue weighted by Gasteiger charge is -2.28. The molecule has 0 fully saturated rings. The lowest BCUT2D eigenvalue weighted by Crippen LogP contribution is -2.10. The molecule has 3 heterocycles. The number of fused-ring (bicyclic) bond motifs is 10. The summed E-state index contributed by atoms with van der Waals surface area (Å²) >= 11 is 3.72. The number of hydrogen-bond acceptors (Lipinski definition) is 6. The normalized spacial score (nSPS) is 11.5. The molecule has 0 bridgehead atoms. The number of nitrogens with zero attached hydrogens (tertiary/aromatic N) is 5. The van der Waals surface area contributed by atoms with Gasteiger partial charge in [-0.2, -0.15) is 0 Å². The molecule has 21 aromatic rings. The monoisotopic (exact) mass is 1480 g/mol. The highest BCUT2D eigenvalue weighted by atomic mass is 32.1. The summed E-state index contributed by atoms with van der Waals surface area (Å²) in [6.07, 6.45) is 0. The molecule has 21 rings (SSSR count). The van der Waals surface area contributed by atoms with Crippen LogP contribution in [0.15, 0.2) is 431 Å². The average Bonchev–Trinajstić information content (AvgIpc) is 1.64. The van der Waals surface area contributed by atoms with Gasteiger partial charge in [0.05, 0.1) is 16.7 Å². The molecule has 7 heteroatoms. The minimum absolute atomic E-state index is 1.08. The summed E-state index contributed by atoms with van der Waals surface area (Å²) in [6, 6.07) is 157. The fraction of sp³-hybridized carbons (Fsp3) is 0. The van der Waals surface area contributed by atoms with Crippen LogP contribution in [0.5, 0.6) is 0 Å². The number of thiophene rings is 2. The molecule has 0 unspecified atom stereocenters. The van der Waals surface area contributed by atoms with Crippen LogP contribution in [0.4, 0.5) is 68.2 Å². The quantitative estimate of drug-likeness (QED) is 0.0904. The molecule has 0 atom stereocenters. The molecule has 0 radical (unpaired) electrons. The first-order valence-corrected chi connectivity index (χ1v) is 40.1. The molecule has 113 heavy (non-hydrogen) atoms. The van der Waals surface area contributed by atoms with Crippen molar-refractivity contribution in [2.45, 2.75) is 0 Å². The molecule has 0 saturated heterocycles. The molecule has 0 amide bonds. The predicted molar refractivity (Wildman–Crippen MR) is 485 cm³/mol. The highest BCUT2D eigenvalue weighted by Crippen LogP contribution is 2.49. The molecule has 0 aliphatic rings. The van der Waals surface area contributed by atoms with E-state index in [4.69, 9.17) is 0 Å². The smallest absolute Gasteiger partial charge is 0.0561 e. The molecular weight excluding hydrogens is 1410 g/mol. The Kier molecular flexibility index (Phi) is 16.9. The second kappa shape index (κ2) is 28.6. The maximum Gasteiger partial charge on any atom is 0.0561 e. The van der Waals surface area contributed by atoms with Crippen LogP contribution in [-0.2, 0) is 0 Å². The van der Waals surface area contributed by atoms with Crippen molar-refractivity contribution in [2.24, 2.45) is 0 Å². The molecule has 0 aliphatic heterocycles. The van der Waals surface area contributed by atoms with Crippen molar-refractivity contribution in [3.05, 3.63) is 431 Å². The van der Waals surface area contributed by atoms with Gasteiger partial charge in [0.25, 0.3) is 0 Å². The van der Waals surface area contributed by atoms with E-state index in [-0.39, 0.29) is 0 Å². The van der Waals surface area contributed by atoms with Crippen LogP contribution in [0.3, 0.4) is 0 Å². The predicted octanol–water partition coefficient (Wildman–Crippen LogP) is 31.2. The number of hydrogen-bond donors (Lipinski definition) is 0. The Balaban J connectivity index is 0.589. The summed E-state index contributed by atoms with van der Waals surface area (Å²) in [5.74, 6) is 0. The third-order valence-corrected chi connectivity index (χ3v) is 24.4. The fourth-order valence-electron chi connectivity index (χ4n) is 16.9. The minimum atomic E-state index is 1.08. The van der Waals surface area contributed by atoms with E-state index in [1.54, 1.807) is 0 Å². The van der Waals surface area contributed by atoms with Crippen molar-refractivity contribution in [2.75, 3.05) is 19.6 Å². The molecular formula is C106H71N5S2. The first kappa shape index (κ1) is 66.8. The number of aromatic nitrogens is 1. The molecule has 18 aromatic carbocycles. The number of rotatable bonds is 17. The van der Waals surface area contributed by atoms with Gasteiger partial charge in [-0.15, -0.1) is 22.7 Å². The molecule has 0 spiro atoms. The fourth-order valence-corrected chi connectivity index (χ4v) is 19.2. The summed E-state index contributed by atoms with van der Waals surface area (Å²) in [5, 5.41) is 9.81. The minimum Gasteiger partial charge on any atom is -0.311 e. The SMILES string of the molecule is c1ccc(N(c2ccccc2)c2ccc(-c3ccc4c(c3)sc3cccc(-c5ccc(N(c6ccccc6)c6ccc(-c7cccc(N(c8ccccc8)c8ccc9c(c8)sc8ccc(-c%10ccc%11c%12ccc(N(c%13ccccc%13)c%13ccccc%13)cc%12n(-c%12ccccc%12)c%11c%10)cc89)c7)c7ccccc67)cc5)c34)cc2)cc1. The van der Waals surface area contributed by atoms with Gasteiger partial charge in [-0.1, -0.05) is 249 Å². The summed E-state index contributed by atoms with van der Waals surface area (Å²) in [6.45, 7) is 0. The second-order valence-electron chi connectivity index (χ2n) is 28.8. The van der Waals surface area contributed by atoms with Crippen molar-refractivity contribution in [3.63, 3.8) is 0 Å². The Morgan fingerprint density at radius 3 is 1.20 bits per heavy atom. The highest BCUT2D eigenvalue weighted by Gasteiger charge is 2.24. The Morgan fingerprint density at radius 1 is 0.177 bits per heavy atom. The van der Waals surface area contributed by atoms with E-state index in [9.17, 15) is 0 Å². The van der Waals surface area contributed by atoms with E-state index in [0.29, 0.717) is 0 Å². The Morgan fingerprint density at radius 2 is 0.584 bits per heavy atom. The topological polar surface area (TPSA) is 17.9 Å². The van der Waals surface area contributed by atoms with Gasteiger partial charge in [0.1, 0.15) is 0 Å². The van der Waals surface area contributed by atoms with E-state index in [1.807, 2.05) is 22.7 Å². The van der Waals surface area contributed by atoms with Crippen LogP contribution in [0.1, 0.15) is 0 Å². The van der Waals surface area contributed by atoms with E-state index >= 15 is 0 Å². The van der Waals surface area contributed by atoms with Crippen molar-refractivity contribution in [3.8, 4) is 50.2 Å². The molecule has 3 aromatic heterocycles. The third kappa shape index (κ3) is 12.2. The number of benzene rings is 18. The first-order valence-electron chi connectivity index (χ1n) is 38.4. The Labute approximate surface area is 664 Å². The lowest BCUT2D eigenvalue weighted by atomic mass is 9.95. The van der Waals surface area contributed by atoms with E-state index in [1.165, 1.54) is 89.9 Å². The van der Waals surface area contributed by atoms with Gasteiger partial charge in [-0.3, -0.25) is 0 Å².